The number of nitrogens with zero attached hydrogens (tertiary/aromatic N) is 1. The molecule has 1 atom stereocenters. The number of benzene rings is 3. The Bertz CT molecular complexity index is 815. The van der Waals surface area contributed by atoms with E-state index in [9.17, 15) is 4.91 Å². The van der Waals surface area contributed by atoms with Crippen LogP contribution < -0.4 is 28.3 Å². The molecule has 0 bridgehead atoms. The van der Waals surface area contributed by atoms with Crippen LogP contribution in [0.4, 0.5) is 0 Å². The first-order valence-electron chi connectivity index (χ1n) is 9.27. The fraction of sp³-hybridized carbons (Fsp3) is 0.217. The van der Waals surface area contributed by atoms with E-state index < -0.39 is 6.60 Å². The van der Waals surface area contributed by atoms with Crippen LogP contribution in [0.15, 0.2) is 91.0 Å². The van der Waals surface area contributed by atoms with Gasteiger partial charge in [0.25, 0.3) is 0 Å². The minimum Gasteiger partial charge on any atom is -1.00 e. The third-order valence-electron chi connectivity index (χ3n) is 6.18. The molecule has 4 rings (SSSR count). The molecule has 2 nitrogen and oxygen atoms in total. The zero-order chi connectivity index (χ0) is 18.1. The molecule has 27 heavy (non-hydrogen) atoms. The summed E-state index contributed by atoms with van der Waals surface area (Å²) in [5, 5.41) is 3.89. The minimum atomic E-state index is -2.96. The standard InChI is InChI=1S/C23H25NOP.ClH/c1-26(20-12-5-2-6-13-20,21-14-7-3-8-15-21,22-16-9-4-10-17-22)23-18-11-19-24(23)25;/h2-10,12-17,23H,11,18-19H2,1H3;1H/q+1;/p-1. The Morgan fingerprint density at radius 2 is 1.11 bits per heavy atom. The van der Waals surface area contributed by atoms with E-state index in [0.29, 0.717) is 6.54 Å². The fourth-order valence-electron chi connectivity index (χ4n) is 4.77. The molecule has 140 valence electrons. The second kappa shape index (κ2) is 7.54. The number of hydrogen-bond donors (Lipinski definition) is 0. The number of halogens is 1. The molecule has 4 heteroatoms. The largest absolute Gasteiger partial charge is 1.00 e. The molecule has 0 aromatic heterocycles. The van der Waals surface area contributed by atoms with Gasteiger partial charge in [-0.15, -0.1) is 0 Å². The molecule has 0 radical (unpaired) electrons. The molecule has 0 amide bonds. The van der Waals surface area contributed by atoms with Gasteiger partial charge in [0.05, 0.1) is 0 Å². The van der Waals surface area contributed by atoms with E-state index in [2.05, 4.69) is 97.7 Å². The van der Waals surface area contributed by atoms with Crippen LogP contribution in [0.2, 0.25) is 0 Å². The van der Waals surface area contributed by atoms with Gasteiger partial charge < -0.3 is 12.4 Å². The minimum absolute atomic E-state index is 0. The molecule has 0 saturated carbocycles. The number of nitroso groups, excluding NO2 is 1. The summed E-state index contributed by atoms with van der Waals surface area (Å²) >= 11 is 0. The molecule has 1 aliphatic rings. The summed E-state index contributed by atoms with van der Waals surface area (Å²) < 4.78 is 1.37. The van der Waals surface area contributed by atoms with E-state index in [1.54, 1.807) is 0 Å². The maximum absolute atomic E-state index is 13.1. The van der Waals surface area contributed by atoms with Crippen molar-refractivity contribution in [3.63, 3.8) is 0 Å². The Morgan fingerprint density at radius 1 is 0.741 bits per heavy atom. The summed E-state index contributed by atoms with van der Waals surface area (Å²) in [5.74, 6) is -0.0202. The van der Waals surface area contributed by atoms with Gasteiger partial charge in [-0.1, -0.05) is 0 Å². The van der Waals surface area contributed by atoms with Gasteiger partial charge in [-0.05, 0) is 0 Å². The maximum Gasteiger partial charge on any atom is -1.00 e. The van der Waals surface area contributed by atoms with Gasteiger partial charge in [0.1, 0.15) is 0 Å². The van der Waals surface area contributed by atoms with Gasteiger partial charge >= 0.3 is 155 Å². The van der Waals surface area contributed by atoms with Gasteiger partial charge in [0.2, 0.25) is 0 Å². The molecule has 3 aromatic rings. The van der Waals surface area contributed by atoms with E-state index in [1.807, 2.05) is 0 Å². The molecule has 0 aliphatic carbocycles. The molecule has 3 aromatic carbocycles. The quantitative estimate of drug-likeness (QED) is 0.476. The first-order valence-corrected chi connectivity index (χ1v) is 12.0. The first kappa shape index (κ1) is 19.7. The molecule has 0 N–H and O–H groups in total. The van der Waals surface area contributed by atoms with Crippen molar-refractivity contribution < 1.29 is 17.2 Å². The van der Waals surface area contributed by atoms with Crippen LogP contribution in [-0.4, -0.2) is 23.8 Å². The van der Waals surface area contributed by atoms with E-state index >= 15 is 0 Å². The number of hydrogen-bond acceptors (Lipinski definition) is 1. The van der Waals surface area contributed by atoms with Crippen LogP contribution in [0, 0.1) is 4.91 Å². The average Bonchev–Trinajstić information content (AvgIpc) is 3.16. The zero-order valence-electron chi connectivity index (χ0n) is 15.5. The Kier molecular flexibility index (Phi) is 5.51. The van der Waals surface area contributed by atoms with Gasteiger partial charge in [-0.2, -0.15) is 0 Å². The monoisotopic (exact) mass is 397 g/mol. The van der Waals surface area contributed by atoms with Gasteiger partial charge in [-0.25, -0.2) is 0 Å². The molecule has 1 unspecified atom stereocenters. The Balaban J connectivity index is 0.00000210. The summed E-state index contributed by atoms with van der Waals surface area (Å²) in [7, 11) is 0. The Morgan fingerprint density at radius 3 is 1.41 bits per heavy atom. The Labute approximate surface area is 167 Å². The second-order valence-electron chi connectivity index (χ2n) is 7.42. The van der Waals surface area contributed by atoms with Crippen molar-refractivity contribution in [1.82, 2.24) is 0 Å². The summed E-state index contributed by atoms with van der Waals surface area (Å²) in [4.78, 5) is 13.1. The van der Waals surface area contributed by atoms with E-state index in [1.165, 1.54) is 20.7 Å². The van der Waals surface area contributed by atoms with E-state index in [4.69, 9.17) is 0 Å². The molecular formula is C23H25ClNOP. The third kappa shape index (κ3) is 2.83. The predicted octanol–water partition coefficient (Wildman–Crippen LogP) is 1.05. The van der Waals surface area contributed by atoms with Crippen molar-refractivity contribution in [2.24, 2.45) is 0 Å². The van der Waals surface area contributed by atoms with Crippen LogP contribution in [0.5, 0.6) is 0 Å². The van der Waals surface area contributed by atoms with E-state index in [-0.39, 0.29) is 18.2 Å². The summed E-state index contributed by atoms with van der Waals surface area (Å²) in [6, 6.07) is 32.2. The van der Waals surface area contributed by atoms with Crippen LogP contribution >= 0.6 is 6.60 Å². The first-order chi connectivity index (χ1) is 12.7. The van der Waals surface area contributed by atoms with Crippen molar-refractivity contribution in [3.8, 4) is 0 Å². The van der Waals surface area contributed by atoms with Crippen molar-refractivity contribution in [2.75, 3.05) is 13.2 Å². The Hall–Kier alpha value is -2.02. The topological polar surface area (TPSA) is 20.1 Å². The van der Waals surface area contributed by atoms with Crippen LogP contribution in [0.1, 0.15) is 12.8 Å². The molecule has 1 saturated heterocycles. The summed E-state index contributed by atoms with van der Waals surface area (Å²) in [6.07, 6.45) is 1.91. The SMILES string of the molecule is CP(c1ccccc1)(c1ccccc1)(c1ccccc1)C1CCC[N+]1=O.[Cl-]. The molecule has 0 spiro atoms. The predicted molar refractivity (Wildman–Crippen MR) is 113 cm³/mol. The van der Waals surface area contributed by atoms with Crippen LogP contribution in [0.3, 0.4) is 0 Å². The third-order valence-corrected chi connectivity index (χ3v) is 13.1. The summed E-state index contributed by atoms with van der Waals surface area (Å²) in [6.45, 7) is 0.0653. The van der Waals surface area contributed by atoms with Gasteiger partial charge in [-0.3, -0.25) is 0 Å². The van der Waals surface area contributed by atoms with Crippen molar-refractivity contribution in [1.29, 1.82) is 0 Å². The molecule has 1 fully saturated rings. The molecule has 1 aliphatic heterocycles. The van der Waals surface area contributed by atoms with Gasteiger partial charge in [0, 0.05) is 0 Å². The molecule has 1 heterocycles. The van der Waals surface area contributed by atoms with Crippen molar-refractivity contribution in [2.45, 2.75) is 18.6 Å². The average molecular weight is 398 g/mol. The van der Waals surface area contributed by atoms with Gasteiger partial charge in [0.15, 0.2) is 0 Å². The second-order valence-corrected chi connectivity index (χ2v) is 12.9. The fourth-order valence-corrected chi connectivity index (χ4v) is 11.1. The van der Waals surface area contributed by atoms with Crippen molar-refractivity contribution >= 4 is 22.5 Å². The summed E-state index contributed by atoms with van der Waals surface area (Å²) in [5.41, 5.74) is 0. The van der Waals surface area contributed by atoms with Crippen molar-refractivity contribution in [3.05, 3.63) is 95.9 Å². The zero-order valence-corrected chi connectivity index (χ0v) is 17.2. The van der Waals surface area contributed by atoms with Crippen LogP contribution in [-0.2, 0) is 0 Å². The van der Waals surface area contributed by atoms with E-state index in [0.717, 1.165) is 12.8 Å². The number of rotatable bonds is 4. The maximum atomic E-state index is 13.1. The normalized spacial score (nSPS) is 18.3. The van der Waals surface area contributed by atoms with Crippen LogP contribution in [0.25, 0.3) is 0 Å². The smallest absolute Gasteiger partial charge is 1.00 e. The molecular weight excluding hydrogens is 373 g/mol.